The van der Waals surface area contributed by atoms with E-state index in [2.05, 4.69) is 10.6 Å². The average molecular weight is 488 g/mol. The lowest BCUT2D eigenvalue weighted by Gasteiger charge is -2.38. The molecule has 0 radical (unpaired) electrons. The van der Waals surface area contributed by atoms with Gasteiger partial charge in [0.2, 0.25) is 11.8 Å². The zero-order valence-electron chi connectivity index (χ0n) is 20.7. The van der Waals surface area contributed by atoms with Crippen molar-refractivity contribution < 1.29 is 19.4 Å². The van der Waals surface area contributed by atoms with Crippen molar-refractivity contribution in [2.75, 3.05) is 20.2 Å². The number of hydrogen-bond acceptors (Lipinski definition) is 5. The minimum atomic E-state index is -1.10. The van der Waals surface area contributed by atoms with Crippen LogP contribution < -0.4 is 15.4 Å². The number of hydrogen-bond donors (Lipinski definition) is 3. The van der Waals surface area contributed by atoms with E-state index in [0.717, 1.165) is 28.0 Å². The van der Waals surface area contributed by atoms with Gasteiger partial charge in [-0.2, -0.15) is 0 Å². The van der Waals surface area contributed by atoms with Gasteiger partial charge in [-0.1, -0.05) is 66.7 Å². The Labute approximate surface area is 212 Å². The van der Waals surface area contributed by atoms with E-state index >= 15 is 0 Å². The van der Waals surface area contributed by atoms with E-state index < -0.39 is 18.2 Å². The van der Waals surface area contributed by atoms with Crippen LogP contribution in [0.25, 0.3) is 11.1 Å². The monoisotopic (exact) mass is 487 g/mol. The Morgan fingerprint density at radius 2 is 1.75 bits per heavy atom. The Morgan fingerprint density at radius 3 is 2.47 bits per heavy atom. The summed E-state index contributed by atoms with van der Waals surface area (Å²) in [4.78, 5) is 27.1. The van der Waals surface area contributed by atoms with Crippen LogP contribution in [0.2, 0.25) is 0 Å². The van der Waals surface area contributed by atoms with Gasteiger partial charge in [-0.05, 0) is 40.8 Å². The van der Waals surface area contributed by atoms with Gasteiger partial charge in [0.15, 0.2) is 0 Å². The van der Waals surface area contributed by atoms with Crippen molar-refractivity contribution in [1.82, 2.24) is 15.5 Å². The molecule has 3 N–H and O–H groups in total. The standard InChI is InChI=1S/C29H33N3O4/c1-20(33)31-26(17-22-10-6-11-23(16-22)24-12-7-13-25(18-24)36-2)28(34)27-29(35)32(15-14-30-27)19-21-8-4-3-5-9-21/h3-13,16,18,26-28,30,34H,14-15,17,19H2,1-2H3,(H,31,33)/t26-,27-,28-/m0/s1. The van der Waals surface area contributed by atoms with Crippen molar-refractivity contribution in [3.05, 3.63) is 90.0 Å². The number of benzene rings is 3. The molecule has 0 unspecified atom stereocenters. The highest BCUT2D eigenvalue weighted by Gasteiger charge is 2.38. The van der Waals surface area contributed by atoms with E-state index in [4.69, 9.17) is 4.74 Å². The largest absolute Gasteiger partial charge is 0.497 e. The molecule has 0 spiro atoms. The van der Waals surface area contributed by atoms with E-state index in [1.54, 1.807) is 12.0 Å². The highest BCUT2D eigenvalue weighted by Crippen LogP contribution is 2.25. The molecule has 1 aliphatic heterocycles. The third-order valence-electron chi connectivity index (χ3n) is 6.47. The predicted octanol–water partition coefficient (Wildman–Crippen LogP) is 2.77. The molecule has 0 aromatic heterocycles. The van der Waals surface area contributed by atoms with Crippen molar-refractivity contribution in [1.29, 1.82) is 0 Å². The van der Waals surface area contributed by atoms with Crippen molar-refractivity contribution >= 4 is 11.8 Å². The SMILES string of the molecule is COc1cccc(-c2cccc(C[C@H](NC(C)=O)[C@H](O)[C@@H]3NCCN(Cc4ccccc4)C3=O)c2)c1. The smallest absolute Gasteiger partial charge is 0.242 e. The lowest BCUT2D eigenvalue weighted by molar-refractivity contribution is -0.141. The number of amides is 2. The van der Waals surface area contributed by atoms with E-state index in [9.17, 15) is 14.7 Å². The number of carbonyl (C=O) groups excluding carboxylic acids is 2. The van der Waals surface area contributed by atoms with Crippen LogP contribution in [0.1, 0.15) is 18.1 Å². The number of nitrogens with zero attached hydrogens (tertiary/aromatic N) is 1. The quantitative estimate of drug-likeness (QED) is 0.432. The fraction of sp³-hybridized carbons (Fsp3) is 0.310. The van der Waals surface area contributed by atoms with E-state index in [-0.39, 0.29) is 11.8 Å². The molecule has 1 aliphatic rings. The third kappa shape index (κ3) is 6.30. The molecule has 7 nitrogen and oxygen atoms in total. The molecule has 2 amide bonds. The second-order valence-electron chi connectivity index (χ2n) is 9.11. The second kappa shape index (κ2) is 11.8. The lowest BCUT2D eigenvalue weighted by atomic mass is 9.93. The molecule has 0 bridgehead atoms. The molecule has 188 valence electrons. The minimum absolute atomic E-state index is 0.168. The number of aliphatic hydroxyl groups excluding tert-OH is 1. The molecule has 0 aliphatic carbocycles. The Balaban J connectivity index is 1.51. The summed E-state index contributed by atoms with van der Waals surface area (Å²) in [5.41, 5.74) is 3.99. The second-order valence-corrected chi connectivity index (χ2v) is 9.11. The maximum atomic E-state index is 13.3. The van der Waals surface area contributed by atoms with Crippen LogP contribution >= 0.6 is 0 Å². The zero-order chi connectivity index (χ0) is 25.5. The van der Waals surface area contributed by atoms with E-state index in [1.165, 1.54) is 6.92 Å². The minimum Gasteiger partial charge on any atom is -0.497 e. The van der Waals surface area contributed by atoms with Crippen LogP contribution in [0.15, 0.2) is 78.9 Å². The summed E-state index contributed by atoms with van der Waals surface area (Å²) in [5.74, 6) is 0.344. The van der Waals surface area contributed by atoms with Gasteiger partial charge in [0.1, 0.15) is 11.8 Å². The van der Waals surface area contributed by atoms with Crippen LogP contribution in [0, 0.1) is 0 Å². The van der Waals surface area contributed by atoms with E-state index in [1.807, 2.05) is 78.9 Å². The highest BCUT2D eigenvalue weighted by atomic mass is 16.5. The Bertz CT molecular complexity index is 1180. The van der Waals surface area contributed by atoms with Gasteiger partial charge in [0, 0.05) is 26.6 Å². The number of rotatable bonds is 9. The summed E-state index contributed by atoms with van der Waals surface area (Å²) < 4.78 is 5.35. The summed E-state index contributed by atoms with van der Waals surface area (Å²) >= 11 is 0. The van der Waals surface area contributed by atoms with Gasteiger partial charge in [-0.25, -0.2) is 0 Å². The summed E-state index contributed by atoms with van der Waals surface area (Å²) in [6.45, 7) is 3.03. The zero-order valence-corrected chi connectivity index (χ0v) is 20.7. The first kappa shape index (κ1) is 25.4. The van der Waals surface area contributed by atoms with Crippen LogP contribution in [0.4, 0.5) is 0 Å². The average Bonchev–Trinajstić information content (AvgIpc) is 2.90. The molecule has 1 saturated heterocycles. The topological polar surface area (TPSA) is 90.9 Å². The predicted molar refractivity (Wildman–Crippen MR) is 139 cm³/mol. The first-order valence-electron chi connectivity index (χ1n) is 12.2. The molecule has 3 aromatic carbocycles. The Morgan fingerprint density at radius 1 is 1.06 bits per heavy atom. The van der Waals surface area contributed by atoms with Crippen LogP contribution in [-0.4, -0.2) is 60.2 Å². The van der Waals surface area contributed by atoms with Gasteiger partial charge >= 0.3 is 0 Å². The Hall–Kier alpha value is -3.68. The lowest BCUT2D eigenvalue weighted by Crippen LogP contribution is -2.63. The van der Waals surface area contributed by atoms with Crippen molar-refractivity contribution in [3.63, 3.8) is 0 Å². The van der Waals surface area contributed by atoms with Gasteiger partial charge < -0.3 is 25.4 Å². The van der Waals surface area contributed by atoms with Gasteiger partial charge in [-0.3, -0.25) is 9.59 Å². The summed E-state index contributed by atoms with van der Waals surface area (Å²) in [5, 5.41) is 17.3. The molecule has 3 atom stereocenters. The summed E-state index contributed by atoms with van der Waals surface area (Å²) in [7, 11) is 1.64. The Kier molecular flexibility index (Phi) is 8.36. The number of carbonyl (C=O) groups is 2. The molecule has 7 heteroatoms. The van der Waals surface area contributed by atoms with Crippen molar-refractivity contribution in [3.8, 4) is 16.9 Å². The van der Waals surface area contributed by atoms with Crippen LogP contribution in [-0.2, 0) is 22.6 Å². The summed E-state index contributed by atoms with van der Waals surface area (Å²) in [6, 6.07) is 24.1. The number of piperazine rings is 1. The van der Waals surface area contributed by atoms with Crippen LogP contribution in [0.3, 0.4) is 0 Å². The summed E-state index contributed by atoms with van der Waals surface area (Å²) in [6.07, 6.45) is -0.719. The molecular formula is C29H33N3O4. The number of nitrogens with one attached hydrogen (secondary N) is 2. The molecule has 3 aromatic rings. The van der Waals surface area contributed by atoms with Gasteiger partial charge in [0.25, 0.3) is 0 Å². The van der Waals surface area contributed by atoms with Gasteiger partial charge in [0.05, 0.1) is 19.3 Å². The number of methoxy groups -OCH3 is 1. The van der Waals surface area contributed by atoms with Gasteiger partial charge in [-0.15, -0.1) is 0 Å². The van der Waals surface area contributed by atoms with Crippen molar-refractivity contribution in [2.24, 2.45) is 0 Å². The maximum absolute atomic E-state index is 13.3. The third-order valence-corrected chi connectivity index (χ3v) is 6.47. The molecule has 1 fully saturated rings. The fourth-order valence-electron chi connectivity index (χ4n) is 4.66. The molecule has 0 saturated carbocycles. The molecule has 4 rings (SSSR count). The first-order chi connectivity index (χ1) is 17.4. The van der Waals surface area contributed by atoms with Crippen molar-refractivity contribution in [2.45, 2.75) is 38.1 Å². The number of aliphatic hydroxyl groups is 1. The fourth-order valence-corrected chi connectivity index (χ4v) is 4.66. The molecule has 36 heavy (non-hydrogen) atoms. The molecular weight excluding hydrogens is 454 g/mol. The first-order valence-corrected chi connectivity index (χ1v) is 12.2. The van der Waals surface area contributed by atoms with Crippen LogP contribution in [0.5, 0.6) is 5.75 Å². The molecule has 1 heterocycles. The maximum Gasteiger partial charge on any atom is 0.242 e. The number of ether oxygens (including phenoxy) is 1. The van der Waals surface area contributed by atoms with E-state index in [0.29, 0.717) is 26.1 Å². The highest BCUT2D eigenvalue weighted by molar-refractivity contribution is 5.83. The normalized spacial score (nSPS) is 17.4.